The van der Waals surface area contributed by atoms with Crippen LogP contribution in [0.2, 0.25) is 0 Å². The molecule has 0 radical (unpaired) electrons. The van der Waals surface area contributed by atoms with Gasteiger partial charge in [-0.1, -0.05) is 0 Å². The molecular formula is C16H15N5O3. The Hall–Kier alpha value is -3.29. The normalized spacial score (nSPS) is 10.8. The molecule has 0 bridgehead atoms. The monoisotopic (exact) mass is 325 g/mol. The molecule has 0 aliphatic carbocycles. The third-order valence-corrected chi connectivity index (χ3v) is 3.04. The Morgan fingerprint density at radius 2 is 1.96 bits per heavy atom. The minimum absolute atomic E-state index is 0.0111. The van der Waals surface area contributed by atoms with Gasteiger partial charge in [0, 0.05) is 18.1 Å². The number of benzene rings is 1. The maximum Gasteiger partial charge on any atom is 0.338 e. The highest BCUT2D eigenvalue weighted by atomic mass is 16.5. The highest BCUT2D eigenvalue weighted by Crippen LogP contribution is 2.12. The molecule has 0 fully saturated rings. The number of ether oxygens (including phenoxy) is 1. The second-order valence-electron chi connectivity index (χ2n) is 5.29. The van der Waals surface area contributed by atoms with Crippen molar-refractivity contribution in [3.8, 4) is 0 Å². The summed E-state index contributed by atoms with van der Waals surface area (Å²) in [6, 6.07) is 8.09. The number of carbonyl (C=O) groups excluding carboxylic acids is 2. The summed E-state index contributed by atoms with van der Waals surface area (Å²) >= 11 is 0. The third-order valence-electron chi connectivity index (χ3n) is 3.04. The molecule has 0 aliphatic rings. The van der Waals surface area contributed by atoms with E-state index < -0.39 is 11.9 Å². The fourth-order valence-electron chi connectivity index (χ4n) is 1.99. The number of nitrogens with zero attached hydrogens (tertiary/aromatic N) is 4. The molecule has 8 nitrogen and oxygen atoms in total. The van der Waals surface area contributed by atoms with E-state index >= 15 is 0 Å². The molecule has 2 aromatic heterocycles. The van der Waals surface area contributed by atoms with Crippen LogP contribution in [0.3, 0.4) is 0 Å². The highest BCUT2D eigenvalue weighted by Gasteiger charge is 2.14. The molecular weight excluding hydrogens is 310 g/mol. The number of aromatic nitrogens is 4. The van der Waals surface area contributed by atoms with Gasteiger partial charge in [-0.05, 0) is 44.2 Å². The number of rotatable bonds is 4. The van der Waals surface area contributed by atoms with Crippen molar-refractivity contribution in [3.63, 3.8) is 0 Å². The highest BCUT2D eigenvalue weighted by molar-refractivity contribution is 6.02. The summed E-state index contributed by atoms with van der Waals surface area (Å²) in [6.07, 6.45) is 3.04. The van der Waals surface area contributed by atoms with E-state index in [9.17, 15) is 9.59 Å². The van der Waals surface area contributed by atoms with Crippen molar-refractivity contribution in [2.45, 2.75) is 20.0 Å². The Morgan fingerprint density at radius 3 is 2.62 bits per heavy atom. The van der Waals surface area contributed by atoms with E-state index in [1.165, 1.54) is 4.52 Å². The van der Waals surface area contributed by atoms with Crippen LogP contribution in [0, 0.1) is 0 Å². The van der Waals surface area contributed by atoms with Crippen LogP contribution in [0.1, 0.15) is 34.8 Å². The fraction of sp³-hybridized carbons (Fsp3) is 0.188. The van der Waals surface area contributed by atoms with Gasteiger partial charge in [-0.3, -0.25) is 4.79 Å². The van der Waals surface area contributed by atoms with Crippen LogP contribution in [0.25, 0.3) is 5.78 Å². The first kappa shape index (κ1) is 15.6. The second-order valence-corrected chi connectivity index (χ2v) is 5.29. The Morgan fingerprint density at radius 1 is 1.21 bits per heavy atom. The Bertz CT molecular complexity index is 853. The molecule has 3 rings (SSSR count). The average molecular weight is 325 g/mol. The number of fused-ring (bicyclic) bond motifs is 1. The molecule has 1 N–H and O–H groups in total. The topological polar surface area (TPSA) is 98.5 Å². The first-order valence-electron chi connectivity index (χ1n) is 7.33. The maximum absolute atomic E-state index is 12.2. The zero-order valence-electron chi connectivity index (χ0n) is 13.1. The van der Waals surface area contributed by atoms with Gasteiger partial charge in [0.15, 0.2) is 0 Å². The summed E-state index contributed by atoms with van der Waals surface area (Å²) < 4.78 is 6.52. The van der Waals surface area contributed by atoms with Crippen molar-refractivity contribution in [1.29, 1.82) is 0 Å². The zero-order chi connectivity index (χ0) is 17.1. The number of hydrogen-bond acceptors (Lipinski definition) is 6. The van der Waals surface area contributed by atoms with E-state index in [0.29, 0.717) is 17.0 Å². The van der Waals surface area contributed by atoms with Crippen LogP contribution in [-0.2, 0) is 4.74 Å². The smallest absolute Gasteiger partial charge is 0.338 e. The van der Waals surface area contributed by atoms with Gasteiger partial charge < -0.3 is 10.1 Å². The number of nitrogens with one attached hydrogen (secondary N) is 1. The van der Waals surface area contributed by atoms with Gasteiger partial charge in [-0.25, -0.2) is 14.3 Å². The average Bonchev–Trinajstić information content (AvgIpc) is 2.99. The molecule has 0 aliphatic heterocycles. The molecule has 0 atom stereocenters. The summed E-state index contributed by atoms with van der Waals surface area (Å²) in [5, 5.41) is 6.71. The Kier molecular flexibility index (Phi) is 4.19. The first-order valence-corrected chi connectivity index (χ1v) is 7.33. The number of anilines is 1. The molecule has 122 valence electrons. The van der Waals surface area contributed by atoms with Crippen LogP contribution >= 0.6 is 0 Å². The largest absolute Gasteiger partial charge is 0.459 e. The molecule has 0 saturated heterocycles. The molecule has 1 aromatic carbocycles. The van der Waals surface area contributed by atoms with Crippen LogP contribution in [0.4, 0.5) is 5.69 Å². The number of hydrogen-bond donors (Lipinski definition) is 1. The minimum Gasteiger partial charge on any atom is -0.459 e. The van der Waals surface area contributed by atoms with Crippen LogP contribution < -0.4 is 5.32 Å². The summed E-state index contributed by atoms with van der Waals surface area (Å²) in [4.78, 5) is 32.0. The molecule has 0 saturated carbocycles. The van der Waals surface area contributed by atoms with Gasteiger partial charge in [-0.15, -0.1) is 5.10 Å². The van der Waals surface area contributed by atoms with Crippen molar-refractivity contribution < 1.29 is 14.3 Å². The van der Waals surface area contributed by atoms with E-state index in [1.54, 1.807) is 56.6 Å². The van der Waals surface area contributed by atoms with E-state index in [4.69, 9.17) is 4.74 Å². The van der Waals surface area contributed by atoms with Crippen molar-refractivity contribution >= 4 is 23.3 Å². The number of carbonyl (C=O) groups is 2. The van der Waals surface area contributed by atoms with E-state index in [-0.39, 0.29) is 11.9 Å². The quantitative estimate of drug-likeness (QED) is 0.736. The molecule has 0 unspecified atom stereocenters. The predicted octanol–water partition coefficient (Wildman–Crippen LogP) is 1.94. The number of esters is 1. The van der Waals surface area contributed by atoms with Crippen molar-refractivity contribution in [3.05, 3.63) is 54.1 Å². The van der Waals surface area contributed by atoms with Gasteiger partial charge in [-0.2, -0.15) is 4.98 Å². The minimum atomic E-state index is -0.460. The van der Waals surface area contributed by atoms with E-state index in [1.807, 2.05) is 0 Å². The van der Waals surface area contributed by atoms with Gasteiger partial charge >= 0.3 is 5.97 Å². The molecule has 1 amide bonds. The lowest BCUT2D eigenvalue weighted by atomic mass is 10.2. The SMILES string of the molecule is CC(C)OC(=O)c1ccc(NC(=O)c2nc3ncccn3n2)cc1. The lowest BCUT2D eigenvalue weighted by Gasteiger charge is -2.08. The third kappa shape index (κ3) is 3.37. The summed E-state index contributed by atoms with van der Waals surface area (Å²) in [6.45, 7) is 3.56. The maximum atomic E-state index is 12.2. The second kappa shape index (κ2) is 6.45. The van der Waals surface area contributed by atoms with Crippen molar-refractivity contribution in [1.82, 2.24) is 19.6 Å². The van der Waals surface area contributed by atoms with E-state index in [2.05, 4.69) is 20.4 Å². The molecule has 2 heterocycles. The fourth-order valence-corrected chi connectivity index (χ4v) is 1.99. The predicted molar refractivity (Wildman–Crippen MR) is 85.7 cm³/mol. The molecule has 24 heavy (non-hydrogen) atoms. The first-order chi connectivity index (χ1) is 11.5. The molecule has 0 spiro atoms. The zero-order valence-corrected chi connectivity index (χ0v) is 13.1. The standard InChI is InChI=1S/C16H15N5O3/c1-10(2)24-15(23)11-4-6-12(7-5-11)18-14(22)13-19-16-17-8-3-9-21(16)20-13/h3-10H,1-2H3,(H,18,22). The van der Waals surface area contributed by atoms with Crippen LogP contribution in [0.15, 0.2) is 42.7 Å². The number of amides is 1. The molecule has 3 aromatic rings. The van der Waals surface area contributed by atoms with Gasteiger partial charge in [0.25, 0.3) is 11.7 Å². The Labute approximate surface area is 137 Å². The lowest BCUT2D eigenvalue weighted by Crippen LogP contribution is -2.14. The lowest BCUT2D eigenvalue weighted by molar-refractivity contribution is 0.0378. The van der Waals surface area contributed by atoms with Gasteiger partial charge in [0.2, 0.25) is 5.82 Å². The van der Waals surface area contributed by atoms with Crippen LogP contribution in [0.5, 0.6) is 0 Å². The van der Waals surface area contributed by atoms with Crippen LogP contribution in [-0.4, -0.2) is 37.6 Å². The van der Waals surface area contributed by atoms with Gasteiger partial charge in [0.05, 0.1) is 11.7 Å². The van der Waals surface area contributed by atoms with E-state index in [0.717, 1.165) is 0 Å². The molecule has 8 heteroatoms. The summed E-state index contributed by atoms with van der Waals surface area (Å²) in [5.74, 6) is -0.514. The van der Waals surface area contributed by atoms with Crippen molar-refractivity contribution in [2.24, 2.45) is 0 Å². The summed E-state index contributed by atoms with van der Waals surface area (Å²) in [5.41, 5.74) is 0.935. The van der Waals surface area contributed by atoms with Gasteiger partial charge in [0.1, 0.15) is 0 Å². The summed E-state index contributed by atoms with van der Waals surface area (Å²) in [7, 11) is 0. The van der Waals surface area contributed by atoms with Crippen molar-refractivity contribution in [2.75, 3.05) is 5.32 Å². The Balaban J connectivity index is 1.71.